The quantitative estimate of drug-likeness (QED) is 0.494. The van der Waals surface area contributed by atoms with E-state index in [1.807, 2.05) is 0 Å². The van der Waals surface area contributed by atoms with E-state index >= 15 is 0 Å². The number of benzene rings is 1. The summed E-state index contributed by atoms with van der Waals surface area (Å²) in [4.78, 5) is 1.09. The average Bonchev–Trinajstić information content (AvgIpc) is 2.26. The van der Waals surface area contributed by atoms with Crippen LogP contribution < -0.4 is 10.6 Å². The molecule has 7 heteroatoms. The Morgan fingerprint density at radius 1 is 0.882 bits per heavy atom. The second-order valence-corrected chi connectivity index (χ2v) is 3.93. The zero-order valence-electron chi connectivity index (χ0n) is 8.61. The molecule has 1 aromatic carbocycles. The largest absolute Gasteiger partial charge is 0.366 e. The summed E-state index contributed by atoms with van der Waals surface area (Å²) in [5.41, 5.74) is 4.44. The monoisotopic (exact) mass is 252 g/mol. The Kier molecular flexibility index (Phi) is 2.94. The minimum Gasteiger partial charge on any atom is -0.366 e. The van der Waals surface area contributed by atoms with Gasteiger partial charge in [-0.15, -0.1) is 0 Å². The van der Waals surface area contributed by atoms with Crippen LogP contribution >= 0.6 is 0 Å². The molecule has 1 heterocycles. The fourth-order valence-electron chi connectivity index (χ4n) is 1.77. The van der Waals surface area contributed by atoms with Crippen molar-refractivity contribution in [3.63, 3.8) is 0 Å². The molecular weight excluding hydrogens is 243 g/mol. The van der Waals surface area contributed by atoms with E-state index in [0.717, 1.165) is 4.90 Å². The smallest absolute Gasteiger partial charge is 0.200 e. The highest BCUT2D eigenvalue weighted by molar-refractivity contribution is 5.52. The van der Waals surface area contributed by atoms with Gasteiger partial charge in [-0.2, -0.15) is 0 Å². The van der Waals surface area contributed by atoms with Crippen molar-refractivity contribution in [3.8, 4) is 0 Å². The molecule has 17 heavy (non-hydrogen) atoms. The SMILES string of the molecule is NCC1CN(c2c(F)c(F)c(F)c(F)c2F)C1. The van der Waals surface area contributed by atoms with Gasteiger partial charge < -0.3 is 10.6 Å². The molecule has 1 saturated heterocycles. The zero-order chi connectivity index (χ0) is 12.7. The minimum absolute atomic E-state index is 0.0185. The first-order valence-corrected chi connectivity index (χ1v) is 4.93. The molecule has 1 aliphatic rings. The van der Waals surface area contributed by atoms with Gasteiger partial charge in [0.15, 0.2) is 23.3 Å². The summed E-state index contributed by atoms with van der Waals surface area (Å²) in [5, 5.41) is 0. The number of hydrogen-bond acceptors (Lipinski definition) is 2. The normalized spacial score (nSPS) is 16.2. The molecule has 0 radical (unpaired) electrons. The fraction of sp³-hybridized carbons (Fsp3) is 0.400. The fourth-order valence-corrected chi connectivity index (χ4v) is 1.77. The van der Waals surface area contributed by atoms with Crippen molar-refractivity contribution in [2.75, 3.05) is 24.5 Å². The Hall–Kier alpha value is -1.37. The lowest BCUT2D eigenvalue weighted by atomic mass is 9.99. The van der Waals surface area contributed by atoms with Gasteiger partial charge in [0.05, 0.1) is 0 Å². The van der Waals surface area contributed by atoms with E-state index in [9.17, 15) is 22.0 Å². The standard InChI is InChI=1S/C10H9F5N2/c11-5-6(12)8(14)10(9(15)7(5)13)17-2-4(1-16)3-17/h4H,1-3,16H2. The van der Waals surface area contributed by atoms with Crippen molar-refractivity contribution in [1.29, 1.82) is 0 Å². The second kappa shape index (κ2) is 4.14. The summed E-state index contributed by atoms with van der Waals surface area (Å²) >= 11 is 0. The highest BCUT2D eigenvalue weighted by Crippen LogP contribution is 2.33. The Balaban J connectivity index is 2.41. The summed E-state index contributed by atoms with van der Waals surface area (Å²) < 4.78 is 65.2. The minimum atomic E-state index is -2.14. The molecule has 1 fully saturated rings. The topological polar surface area (TPSA) is 29.3 Å². The van der Waals surface area contributed by atoms with Crippen LogP contribution in [0.3, 0.4) is 0 Å². The Bertz CT molecular complexity index is 427. The van der Waals surface area contributed by atoms with Crippen molar-refractivity contribution in [2.24, 2.45) is 11.7 Å². The lowest BCUT2D eigenvalue weighted by Gasteiger charge is -2.40. The summed E-state index contributed by atoms with van der Waals surface area (Å²) in [7, 11) is 0. The molecule has 1 aliphatic heterocycles. The molecule has 2 rings (SSSR count). The number of halogens is 5. The Morgan fingerprint density at radius 2 is 1.29 bits per heavy atom. The van der Waals surface area contributed by atoms with Crippen LogP contribution in [0.4, 0.5) is 27.6 Å². The van der Waals surface area contributed by atoms with Gasteiger partial charge >= 0.3 is 0 Å². The molecule has 0 amide bonds. The van der Waals surface area contributed by atoms with Crippen molar-refractivity contribution in [1.82, 2.24) is 0 Å². The first kappa shape index (κ1) is 12.1. The first-order valence-electron chi connectivity index (χ1n) is 4.93. The van der Waals surface area contributed by atoms with Crippen LogP contribution in [0.15, 0.2) is 0 Å². The van der Waals surface area contributed by atoms with Gasteiger partial charge in [-0.05, 0) is 6.54 Å². The molecule has 0 atom stereocenters. The van der Waals surface area contributed by atoms with Gasteiger partial charge in [0, 0.05) is 19.0 Å². The van der Waals surface area contributed by atoms with Crippen molar-refractivity contribution in [2.45, 2.75) is 0 Å². The molecule has 0 unspecified atom stereocenters. The van der Waals surface area contributed by atoms with Crippen LogP contribution in [0, 0.1) is 35.0 Å². The highest BCUT2D eigenvalue weighted by atomic mass is 19.2. The molecular formula is C10H9F5N2. The lowest BCUT2D eigenvalue weighted by molar-refractivity contribution is 0.360. The van der Waals surface area contributed by atoms with Gasteiger partial charge in [0.25, 0.3) is 0 Å². The van der Waals surface area contributed by atoms with Crippen LogP contribution in [0.25, 0.3) is 0 Å². The maximum atomic E-state index is 13.3. The summed E-state index contributed by atoms with van der Waals surface area (Å²) in [5.74, 6) is -9.55. The van der Waals surface area contributed by atoms with E-state index in [1.54, 1.807) is 0 Å². The van der Waals surface area contributed by atoms with E-state index in [1.165, 1.54) is 0 Å². The van der Waals surface area contributed by atoms with E-state index in [2.05, 4.69) is 0 Å². The van der Waals surface area contributed by atoms with Crippen molar-refractivity contribution < 1.29 is 22.0 Å². The predicted octanol–water partition coefficient (Wildman–Crippen LogP) is 1.78. The van der Waals surface area contributed by atoms with E-state index in [-0.39, 0.29) is 19.0 Å². The highest BCUT2D eigenvalue weighted by Gasteiger charge is 2.34. The number of hydrogen-bond donors (Lipinski definition) is 1. The maximum Gasteiger partial charge on any atom is 0.200 e. The second-order valence-electron chi connectivity index (χ2n) is 3.93. The summed E-state index contributed by atoms with van der Waals surface area (Å²) in [6.07, 6.45) is 0. The third kappa shape index (κ3) is 1.74. The van der Waals surface area contributed by atoms with Crippen LogP contribution in [0.5, 0.6) is 0 Å². The van der Waals surface area contributed by atoms with Gasteiger partial charge in [-0.25, -0.2) is 22.0 Å². The van der Waals surface area contributed by atoms with Gasteiger partial charge in [-0.1, -0.05) is 0 Å². The van der Waals surface area contributed by atoms with Crippen molar-refractivity contribution in [3.05, 3.63) is 29.1 Å². The van der Waals surface area contributed by atoms with Crippen LogP contribution in [-0.2, 0) is 0 Å². The van der Waals surface area contributed by atoms with Crippen LogP contribution in [0.2, 0.25) is 0 Å². The van der Waals surface area contributed by atoms with Gasteiger partial charge in [-0.3, -0.25) is 0 Å². The molecule has 94 valence electrons. The summed E-state index contributed by atoms with van der Waals surface area (Å²) in [6.45, 7) is 0.690. The molecule has 0 saturated carbocycles. The third-order valence-electron chi connectivity index (χ3n) is 2.79. The zero-order valence-corrected chi connectivity index (χ0v) is 8.61. The molecule has 0 bridgehead atoms. The van der Waals surface area contributed by atoms with E-state index in [4.69, 9.17) is 5.73 Å². The molecule has 1 aromatic rings. The number of anilines is 1. The Morgan fingerprint density at radius 3 is 1.71 bits per heavy atom. The molecule has 0 aromatic heterocycles. The number of nitrogens with two attached hydrogens (primary N) is 1. The van der Waals surface area contributed by atoms with E-state index in [0.29, 0.717) is 6.54 Å². The molecule has 0 aliphatic carbocycles. The van der Waals surface area contributed by atoms with Crippen LogP contribution in [-0.4, -0.2) is 19.6 Å². The number of nitrogens with zero attached hydrogens (tertiary/aromatic N) is 1. The van der Waals surface area contributed by atoms with Crippen LogP contribution in [0.1, 0.15) is 0 Å². The average molecular weight is 252 g/mol. The Labute approximate surface area is 93.8 Å². The molecule has 2 N–H and O–H groups in total. The maximum absolute atomic E-state index is 13.3. The van der Waals surface area contributed by atoms with Gasteiger partial charge in [0.2, 0.25) is 5.82 Å². The third-order valence-corrected chi connectivity index (χ3v) is 2.79. The van der Waals surface area contributed by atoms with Crippen molar-refractivity contribution >= 4 is 5.69 Å². The lowest BCUT2D eigenvalue weighted by Crippen LogP contribution is -2.50. The first-order chi connectivity index (χ1) is 7.97. The summed E-state index contributed by atoms with van der Waals surface area (Å²) in [6, 6.07) is 0. The number of rotatable bonds is 2. The molecule has 2 nitrogen and oxygen atoms in total. The predicted molar refractivity (Wildman–Crippen MR) is 51.0 cm³/mol. The van der Waals surface area contributed by atoms with Gasteiger partial charge in [0.1, 0.15) is 5.69 Å². The molecule has 0 spiro atoms. The van der Waals surface area contributed by atoms with E-state index < -0.39 is 34.8 Å².